The van der Waals surface area contributed by atoms with Crippen molar-refractivity contribution in [3.05, 3.63) is 108 Å². The van der Waals surface area contributed by atoms with Crippen molar-refractivity contribution >= 4 is 24.4 Å². The Morgan fingerprint density at radius 1 is 0.810 bits per heavy atom. The van der Waals surface area contributed by atoms with Gasteiger partial charge in [0.15, 0.2) is 0 Å². The summed E-state index contributed by atoms with van der Waals surface area (Å²) in [6, 6.07) is 26.3. The summed E-state index contributed by atoms with van der Waals surface area (Å²) in [6.45, 7) is 5.52. The van der Waals surface area contributed by atoms with E-state index in [0.717, 1.165) is 33.6 Å². The SMILES string of the molecule is COC(=O)N[C@H](C(=O)N/N=C/c1ccc(-c2ccccn2)cc1)C(C)(C)C.N/N=C/c1ccc(-c2ccccn2)cc1. The van der Waals surface area contributed by atoms with Crippen molar-refractivity contribution < 1.29 is 14.3 Å². The molecule has 0 aliphatic heterocycles. The van der Waals surface area contributed by atoms with Gasteiger partial charge in [-0.05, 0) is 40.8 Å². The number of alkyl carbamates (subject to hydrolysis) is 1. The third-order valence-corrected chi connectivity index (χ3v) is 5.93. The standard InChI is InChI=1S/C20H24N4O3.C12H11N3/c1-20(2,3)17(23-19(26)27-4)18(25)24-22-13-14-8-10-15(11-9-14)16-7-5-6-12-21-16;13-15-9-10-4-6-11(7-5-10)12-3-1-2-8-14-12/h5-13,17H,1-4H3,(H,23,26)(H,24,25);1-9H,13H2/b22-13+;15-9+/t17-;/m1./s1. The van der Waals surface area contributed by atoms with E-state index >= 15 is 0 Å². The number of aromatic nitrogens is 2. The molecule has 2 heterocycles. The molecule has 0 fully saturated rings. The fraction of sp³-hybridized carbons (Fsp3) is 0.188. The highest BCUT2D eigenvalue weighted by molar-refractivity contribution is 5.88. The third-order valence-electron chi connectivity index (χ3n) is 5.93. The number of hydrogen-bond donors (Lipinski definition) is 3. The summed E-state index contributed by atoms with van der Waals surface area (Å²) in [7, 11) is 1.25. The molecule has 216 valence electrons. The fourth-order valence-electron chi connectivity index (χ4n) is 3.72. The Kier molecular flexibility index (Phi) is 11.4. The number of amides is 2. The van der Waals surface area contributed by atoms with Gasteiger partial charge in [0.25, 0.3) is 5.91 Å². The summed E-state index contributed by atoms with van der Waals surface area (Å²) in [5.74, 6) is 4.64. The van der Waals surface area contributed by atoms with Crippen LogP contribution in [0.5, 0.6) is 0 Å². The lowest BCUT2D eigenvalue weighted by Gasteiger charge is -2.28. The largest absolute Gasteiger partial charge is 0.453 e. The molecule has 0 aliphatic carbocycles. The predicted molar refractivity (Wildman–Crippen MR) is 166 cm³/mol. The van der Waals surface area contributed by atoms with Gasteiger partial charge in [-0.25, -0.2) is 10.2 Å². The molecule has 4 aromatic rings. The zero-order valence-electron chi connectivity index (χ0n) is 24.1. The predicted octanol–water partition coefficient (Wildman–Crippen LogP) is 5.01. The van der Waals surface area contributed by atoms with E-state index in [-0.39, 0.29) is 0 Å². The molecular weight excluding hydrogens is 530 g/mol. The van der Waals surface area contributed by atoms with E-state index in [1.165, 1.54) is 13.3 Å². The van der Waals surface area contributed by atoms with Crippen LogP contribution in [0.2, 0.25) is 0 Å². The summed E-state index contributed by atoms with van der Waals surface area (Å²) < 4.78 is 4.57. The van der Waals surface area contributed by atoms with Crippen molar-refractivity contribution in [3.63, 3.8) is 0 Å². The van der Waals surface area contributed by atoms with E-state index in [0.29, 0.717) is 0 Å². The van der Waals surface area contributed by atoms with Crippen LogP contribution in [0.25, 0.3) is 22.5 Å². The number of hydrazone groups is 2. The maximum atomic E-state index is 12.4. The number of nitrogens with two attached hydrogens (primary N) is 1. The van der Waals surface area contributed by atoms with Gasteiger partial charge in [-0.3, -0.25) is 14.8 Å². The van der Waals surface area contributed by atoms with Gasteiger partial charge in [0.05, 0.1) is 30.9 Å². The van der Waals surface area contributed by atoms with Crippen molar-refractivity contribution in [2.45, 2.75) is 26.8 Å². The van der Waals surface area contributed by atoms with Crippen LogP contribution in [-0.4, -0.2) is 47.5 Å². The van der Waals surface area contributed by atoms with Crippen molar-refractivity contribution in [3.8, 4) is 22.5 Å². The molecule has 2 aromatic carbocycles. The number of nitrogens with zero attached hydrogens (tertiary/aromatic N) is 4. The molecular formula is C32H35N7O3. The van der Waals surface area contributed by atoms with E-state index in [2.05, 4.69) is 35.7 Å². The number of hydrogen-bond acceptors (Lipinski definition) is 8. The first kappa shape index (κ1) is 31.2. The fourth-order valence-corrected chi connectivity index (χ4v) is 3.72. The first-order chi connectivity index (χ1) is 20.2. The summed E-state index contributed by atoms with van der Waals surface area (Å²) in [5.41, 5.74) is 7.70. The minimum atomic E-state index is -0.784. The Bertz CT molecular complexity index is 1470. The van der Waals surface area contributed by atoms with E-state index in [1.807, 2.05) is 106 Å². The molecule has 2 aromatic heterocycles. The van der Waals surface area contributed by atoms with E-state index in [1.54, 1.807) is 18.6 Å². The summed E-state index contributed by atoms with van der Waals surface area (Å²) in [4.78, 5) is 32.4. The molecule has 0 aliphatic rings. The van der Waals surface area contributed by atoms with Crippen LogP contribution < -0.4 is 16.6 Å². The number of rotatable bonds is 7. The second-order valence-electron chi connectivity index (χ2n) is 10.1. The summed E-state index contributed by atoms with van der Waals surface area (Å²) in [5, 5.41) is 9.97. The van der Waals surface area contributed by atoms with Crippen LogP contribution in [0, 0.1) is 5.41 Å². The van der Waals surface area contributed by atoms with Crippen molar-refractivity contribution in [1.82, 2.24) is 20.7 Å². The van der Waals surface area contributed by atoms with Crippen molar-refractivity contribution in [2.24, 2.45) is 21.5 Å². The zero-order valence-corrected chi connectivity index (χ0v) is 24.1. The van der Waals surface area contributed by atoms with Crippen LogP contribution in [0.15, 0.2) is 108 Å². The van der Waals surface area contributed by atoms with Gasteiger partial charge in [-0.15, -0.1) is 0 Å². The Hall–Kier alpha value is -5.38. The number of pyridine rings is 2. The molecule has 1 atom stereocenters. The topological polar surface area (TPSA) is 144 Å². The molecule has 10 heteroatoms. The molecule has 4 N–H and O–H groups in total. The highest BCUT2D eigenvalue weighted by Crippen LogP contribution is 2.20. The minimum absolute atomic E-state index is 0.422. The van der Waals surface area contributed by atoms with Crippen LogP contribution in [0.1, 0.15) is 31.9 Å². The highest BCUT2D eigenvalue weighted by Gasteiger charge is 2.33. The first-order valence-electron chi connectivity index (χ1n) is 13.1. The molecule has 2 amide bonds. The second kappa shape index (κ2) is 15.4. The number of carbonyl (C=O) groups is 2. The quantitative estimate of drug-likeness (QED) is 0.163. The molecule has 4 rings (SSSR count). The van der Waals surface area contributed by atoms with Gasteiger partial charge in [0.1, 0.15) is 6.04 Å². The lowest BCUT2D eigenvalue weighted by Crippen LogP contribution is -2.52. The number of nitrogens with one attached hydrogen (secondary N) is 2. The molecule has 0 bridgehead atoms. The van der Waals surface area contributed by atoms with E-state index in [4.69, 9.17) is 5.84 Å². The van der Waals surface area contributed by atoms with Crippen molar-refractivity contribution in [2.75, 3.05) is 7.11 Å². The van der Waals surface area contributed by atoms with Crippen LogP contribution in [0.3, 0.4) is 0 Å². The van der Waals surface area contributed by atoms with Crippen LogP contribution in [-0.2, 0) is 9.53 Å². The molecule has 0 spiro atoms. The number of carbonyl (C=O) groups excluding carboxylic acids is 2. The van der Waals surface area contributed by atoms with Gasteiger partial charge in [0, 0.05) is 23.5 Å². The monoisotopic (exact) mass is 565 g/mol. The highest BCUT2D eigenvalue weighted by atomic mass is 16.5. The normalized spacial score (nSPS) is 11.8. The van der Waals surface area contributed by atoms with Crippen LogP contribution >= 0.6 is 0 Å². The second-order valence-corrected chi connectivity index (χ2v) is 10.1. The number of benzene rings is 2. The van der Waals surface area contributed by atoms with E-state index in [9.17, 15) is 9.59 Å². The maximum absolute atomic E-state index is 12.4. The third kappa shape index (κ3) is 9.67. The molecule has 0 saturated carbocycles. The Morgan fingerprint density at radius 2 is 1.31 bits per heavy atom. The lowest BCUT2D eigenvalue weighted by molar-refractivity contribution is -0.125. The average Bonchev–Trinajstić information content (AvgIpc) is 3.01. The molecule has 0 unspecified atom stereocenters. The van der Waals surface area contributed by atoms with E-state index < -0.39 is 23.5 Å². The Morgan fingerprint density at radius 3 is 1.71 bits per heavy atom. The van der Waals surface area contributed by atoms with Gasteiger partial charge in [0.2, 0.25) is 0 Å². The molecule has 0 radical (unpaired) electrons. The Labute approximate surface area is 245 Å². The summed E-state index contributed by atoms with van der Waals surface area (Å²) >= 11 is 0. The smallest absolute Gasteiger partial charge is 0.407 e. The van der Waals surface area contributed by atoms with Gasteiger partial charge in [-0.1, -0.05) is 81.4 Å². The van der Waals surface area contributed by atoms with Gasteiger partial charge < -0.3 is 15.9 Å². The molecule has 0 saturated heterocycles. The number of methoxy groups -OCH3 is 1. The first-order valence-corrected chi connectivity index (χ1v) is 13.1. The van der Waals surface area contributed by atoms with Gasteiger partial charge in [-0.2, -0.15) is 10.2 Å². The van der Waals surface area contributed by atoms with Crippen molar-refractivity contribution in [1.29, 1.82) is 0 Å². The molecule has 42 heavy (non-hydrogen) atoms. The molecule has 10 nitrogen and oxygen atoms in total. The van der Waals surface area contributed by atoms with Gasteiger partial charge >= 0.3 is 6.09 Å². The zero-order chi connectivity index (χ0) is 30.4. The average molecular weight is 566 g/mol. The minimum Gasteiger partial charge on any atom is -0.453 e. The summed E-state index contributed by atoms with van der Waals surface area (Å²) in [6.07, 6.45) is 6.01. The Balaban J connectivity index is 0.000000271. The van der Waals surface area contributed by atoms with Crippen LogP contribution in [0.4, 0.5) is 4.79 Å². The lowest BCUT2D eigenvalue weighted by atomic mass is 9.86. The maximum Gasteiger partial charge on any atom is 0.407 e. The number of ether oxygens (including phenoxy) is 1.